The van der Waals surface area contributed by atoms with Crippen LogP contribution in [0.2, 0.25) is 0 Å². The van der Waals surface area contributed by atoms with Crippen LogP contribution in [0.4, 0.5) is 0 Å². The lowest BCUT2D eigenvalue weighted by molar-refractivity contribution is -0.143. The van der Waals surface area contributed by atoms with E-state index in [1.165, 1.54) is 10.4 Å². The van der Waals surface area contributed by atoms with Crippen molar-refractivity contribution in [1.29, 1.82) is 0 Å². The highest BCUT2D eigenvalue weighted by molar-refractivity contribution is 7.13. The van der Waals surface area contributed by atoms with Gasteiger partial charge in [0.25, 0.3) is 0 Å². The third-order valence-corrected chi connectivity index (χ3v) is 3.93. The maximum atomic E-state index is 11.2. The topological polar surface area (TPSA) is 39.2 Å². The summed E-state index contributed by atoms with van der Waals surface area (Å²) < 4.78 is 5.22. The minimum atomic E-state index is -0.146. The van der Waals surface area contributed by atoms with Crippen molar-refractivity contribution in [3.05, 3.63) is 41.5 Å². The van der Waals surface area contributed by atoms with Gasteiger partial charge in [-0.25, -0.2) is 0 Å². The molecule has 0 N–H and O–H groups in total. The van der Waals surface area contributed by atoms with Crippen molar-refractivity contribution in [3.63, 3.8) is 0 Å². The third-order valence-electron chi connectivity index (χ3n) is 2.95. The molecule has 1 unspecified atom stereocenters. The quantitative estimate of drug-likeness (QED) is 0.778. The lowest BCUT2D eigenvalue weighted by Crippen LogP contribution is -2.09. The molecule has 100 valence electrons. The maximum absolute atomic E-state index is 11.2. The molecule has 0 fully saturated rings. The van der Waals surface area contributed by atoms with Crippen LogP contribution < -0.4 is 0 Å². The van der Waals surface area contributed by atoms with Crippen LogP contribution in [0, 0.1) is 0 Å². The summed E-state index contributed by atoms with van der Waals surface area (Å²) in [5.41, 5.74) is 2.38. The predicted octanol–water partition coefficient (Wildman–Crippen LogP) is 3.87. The Labute approximate surface area is 117 Å². The van der Waals surface area contributed by atoms with E-state index in [2.05, 4.69) is 23.4 Å². The molecule has 0 amide bonds. The molecule has 19 heavy (non-hydrogen) atoms. The van der Waals surface area contributed by atoms with Crippen molar-refractivity contribution in [2.75, 3.05) is 6.61 Å². The first kappa shape index (κ1) is 13.7. The molecular formula is C15H17NO2S. The fraction of sp³-hybridized carbons (Fsp3) is 0.333. The van der Waals surface area contributed by atoms with Crippen LogP contribution in [0.1, 0.15) is 31.7 Å². The van der Waals surface area contributed by atoms with Gasteiger partial charge in [0.2, 0.25) is 0 Å². The minimum absolute atomic E-state index is 0.146. The highest BCUT2D eigenvalue weighted by Crippen LogP contribution is 2.34. The van der Waals surface area contributed by atoms with E-state index in [0.717, 1.165) is 5.56 Å². The summed E-state index contributed by atoms with van der Waals surface area (Å²) in [6.45, 7) is 4.32. The second kappa shape index (κ2) is 6.48. The second-order valence-corrected chi connectivity index (χ2v) is 5.29. The Morgan fingerprint density at radius 3 is 2.79 bits per heavy atom. The first-order valence-electron chi connectivity index (χ1n) is 6.35. The Hall–Kier alpha value is -1.68. The van der Waals surface area contributed by atoms with Gasteiger partial charge in [0, 0.05) is 29.6 Å². The van der Waals surface area contributed by atoms with E-state index >= 15 is 0 Å². The largest absolute Gasteiger partial charge is 0.465 e. The number of carbonyl (C=O) groups is 1. The van der Waals surface area contributed by atoms with Gasteiger partial charge in [-0.2, -0.15) is 0 Å². The zero-order valence-corrected chi connectivity index (χ0v) is 11.9. The average Bonchev–Trinajstić information content (AvgIpc) is 2.94. The average molecular weight is 275 g/mol. The first-order chi connectivity index (χ1) is 9.22. The van der Waals surface area contributed by atoms with Crippen LogP contribution in [-0.2, 0) is 9.53 Å². The molecule has 1 atom stereocenters. The number of carbonyl (C=O) groups excluding carboxylic acids is 1. The number of hydrogen-bond donors (Lipinski definition) is 0. The molecule has 0 saturated carbocycles. The molecule has 0 saturated heterocycles. The van der Waals surface area contributed by atoms with Crippen LogP contribution in [-0.4, -0.2) is 17.6 Å². The number of ether oxygens (including phenoxy) is 1. The maximum Gasteiger partial charge on any atom is 0.305 e. The van der Waals surface area contributed by atoms with Gasteiger partial charge in [0.05, 0.1) is 6.61 Å². The lowest BCUT2D eigenvalue weighted by atomic mass is 10.0. The zero-order chi connectivity index (χ0) is 13.7. The smallest absolute Gasteiger partial charge is 0.305 e. The fourth-order valence-corrected chi connectivity index (χ4v) is 2.88. The highest BCUT2D eigenvalue weighted by Gasteiger charge is 2.15. The SMILES string of the molecule is CCC(=O)OCC(C)c1ccsc1-c1ccncc1. The number of esters is 1. The van der Waals surface area contributed by atoms with Crippen LogP contribution in [0.15, 0.2) is 36.0 Å². The fourth-order valence-electron chi connectivity index (χ4n) is 1.85. The van der Waals surface area contributed by atoms with Crippen molar-refractivity contribution in [2.24, 2.45) is 0 Å². The molecule has 0 aromatic carbocycles. The predicted molar refractivity (Wildman–Crippen MR) is 77.2 cm³/mol. The van der Waals surface area contributed by atoms with Gasteiger partial charge < -0.3 is 4.74 Å². The normalized spacial score (nSPS) is 12.1. The van der Waals surface area contributed by atoms with Crippen molar-refractivity contribution in [1.82, 2.24) is 4.98 Å². The van der Waals surface area contributed by atoms with E-state index in [-0.39, 0.29) is 11.9 Å². The Morgan fingerprint density at radius 2 is 2.11 bits per heavy atom. The summed E-state index contributed by atoms with van der Waals surface area (Å²) in [4.78, 5) is 16.5. The summed E-state index contributed by atoms with van der Waals surface area (Å²) in [5, 5.41) is 2.07. The molecule has 0 spiro atoms. The molecule has 0 aliphatic rings. The molecule has 0 aliphatic heterocycles. The molecule has 2 aromatic rings. The van der Waals surface area contributed by atoms with Crippen molar-refractivity contribution in [3.8, 4) is 10.4 Å². The van der Waals surface area contributed by atoms with Gasteiger partial charge in [-0.05, 0) is 34.7 Å². The van der Waals surface area contributed by atoms with Gasteiger partial charge in [0.1, 0.15) is 0 Å². The highest BCUT2D eigenvalue weighted by atomic mass is 32.1. The summed E-state index contributed by atoms with van der Waals surface area (Å²) in [5.74, 6) is 0.0532. The van der Waals surface area contributed by atoms with Crippen LogP contribution in [0.3, 0.4) is 0 Å². The number of thiophene rings is 1. The molecule has 2 rings (SSSR count). The van der Waals surface area contributed by atoms with E-state index < -0.39 is 0 Å². The van der Waals surface area contributed by atoms with Crippen molar-refractivity contribution < 1.29 is 9.53 Å². The second-order valence-electron chi connectivity index (χ2n) is 4.38. The lowest BCUT2D eigenvalue weighted by Gasteiger charge is -2.13. The number of nitrogens with zero attached hydrogens (tertiary/aromatic N) is 1. The van der Waals surface area contributed by atoms with E-state index in [1.54, 1.807) is 30.7 Å². The van der Waals surface area contributed by atoms with E-state index in [9.17, 15) is 4.79 Å². The number of pyridine rings is 1. The Bertz CT molecular complexity index is 536. The third kappa shape index (κ3) is 3.41. The minimum Gasteiger partial charge on any atom is -0.465 e. The van der Waals surface area contributed by atoms with Gasteiger partial charge in [-0.15, -0.1) is 11.3 Å². The van der Waals surface area contributed by atoms with Gasteiger partial charge >= 0.3 is 5.97 Å². The molecular weight excluding hydrogens is 258 g/mol. The van der Waals surface area contributed by atoms with E-state index in [4.69, 9.17) is 4.74 Å². The van der Waals surface area contributed by atoms with Gasteiger partial charge in [-0.3, -0.25) is 9.78 Å². The summed E-state index contributed by atoms with van der Waals surface area (Å²) in [6, 6.07) is 6.10. The Balaban J connectivity index is 2.13. The summed E-state index contributed by atoms with van der Waals surface area (Å²) in [7, 11) is 0. The summed E-state index contributed by atoms with van der Waals surface area (Å²) >= 11 is 1.70. The molecule has 0 aliphatic carbocycles. The molecule has 0 bridgehead atoms. The van der Waals surface area contributed by atoms with Crippen molar-refractivity contribution >= 4 is 17.3 Å². The van der Waals surface area contributed by atoms with E-state index in [0.29, 0.717) is 13.0 Å². The van der Waals surface area contributed by atoms with Crippen molar-refractivity contribution in [2.45, 2.75) is 26.2 Å². The Kier molecular flexibility index (Phi) is 4.68. The Morgan fingerprint density at radius 1 is 1.37 bits per heavy atom. The zero-order valence-electron chi connectivity index (χ0n) is 11.1. The standard InChI is InChI=1S/C15H17NO2S/c1-3-14(17)18-10-11(2)13-6-9-19-15(13)12-4-7-16-8-5-12/h4-9,11H,3,10H2,1-2H3. The van der Waals surface area contributed by atoms with Crippen LogP contribution in [0.25, 0.3) is 10.4 Å². The monoisotopic (exact) mass is 275 g/mol. The van der Waals surface area contributed by atoms with Crippen LogP contribution >= 0.6 is 11.3 Å². The molecule has 4 heteroatoms. The molecule has 3 nitrogen and oxygen atoms in total. The molecule has 2 heterocycles. The number of rotatable bonds is 5. The number of aromatic nitrogens is 1. The van der Waals surface area contributed by atoms with E-state index in [1.807, 2.05) is 12.1 Å². The van der Waals surface area contributed by atoms with Gasteiger partial charge in [-0.1, -0.05) is 13.8 Å². The number of hydrogen-bond acceptors (Lipinski definition) is 4. The van der Waals surface area contributed by atoms with Crippen LogP contribution in [0.5, 0.6) is 0 Å². The first-order valence-corrected chi connectivity index (χ1v) is 7.23. The molecule has 2 aromatic heterocycles. The summed E-state index contributed by atoms with van der Waals surface area (Å²) in [6.07, 6.45) is 4.01. The van der Waals surface area contributed by atoms with Gasteiger partial charge in [0.15, 0.2) is 0 Å². The molecule has 0 radical (unpaired) electrons.